The molecule has 7 rings (SSSR count). The van der Waals surface area contributed by atoms with Gasteiger partial charge in [-0.2, -0.15) is 13.2 Å². The van der Waals surface area contributed by atoms with Crippen LogP contribution in [-0.4, -0.2) is 71.6 Å². The lowest BCUT2D eigenvalue weighted by Gasteiger charge is -2.65. The number of likely N-dealkylation sites (N-methyl/N-ethyl adjacent to an activating group) is 1. The molecule has 2 fully saturated rings. The van der Waals surface area contributed by atoms with Crippen molar-refractivity contribution in [2.75, 3.05) is 20.1 Å². The maximum Gasteiger partial charge on any atom is 0.416 e. The number of nitrogens with zero attached hydrogens (tertiary/aromatic N) is 2. The lowest BCUT2D eigenvalue weighted by atomic mass is 9.48. The van der Waals surface area contributed by atoms with Gasteiger partial charge in [0.2, 0.25) is 0 Å². The fourth-order valence-electron chi connectivity index (χ4n) is 8.95. The van der Waals surface area contributed by atoms with E-state index in [0.717, 1.165) is 36.2 Å². The Morgan fingerprint density at radius 3 is 2.42 bits per heavy atom. The molecule has 2 aliphatic carbocycles. The third-order valence-corrected chi connectivity index (χ3v) is 10.9. The number of alkyl halides is 3. The van der Waals surface area contributed by atoms with Crippen LogP contribution in [0.15, 0.2) is 66.7 Å². The zero-order valence-electron chi connectivity index (χ0n) is 28.0. The van der Waals surface area contributed by atoms with Crippen molar-refractivity contribution in [3.8, 4) is 23.3 Å². The van der Waals surface area contributed by atoms with Crippen molar-refractivity contribution in [3.63, 3.8) is 0 Å². The van der Waals surface area contributed by atoms with Gasteiger partial charge in [-0.25, -0.2) is 0 Å². The topological polar surface area (TPSA) is 85.4 Å². The first-order chi connectivity index (χ1) is 23.8. The monoisotopic (exact) mass is 686 g/mol. The molecule has 260 valence electrons. The summed E-state index contributed by atoms with van der Waals surface area (Å²) >= 11 is 0. The molecule has 1 amide bonds. The number of rotatable bonds is 6. The minimum atomic E-state index is -4.48. The fourth-order valence-corrected chi connectivity index (χ4v) is 8.95. The van der Waals surface area contributed by atoms with E-state index in [0.29, 0.717) is 38.0 Å². The Kier molecular flexibility index (Phi) is 8.42. The number of piperidine rings is 1. The Hall–Kier alpha value is -4.82. The van der Waals surface area contributed by atoms with Crippen molar-refractivity contribution in [1.29, 1.82) is 0 Å². The standard InChI is InChI=1S/C39H37F3N2O6/c1-24(45)48-31-15-12-28-23-32-38(50-25(2)46)19-17-30(43(3)33(47)16-11-27-9-13-29(14-10-27)39(40,41)42)36-37(38,34(28)35(31)49-36)20-22-44(32)21-18-26-7-5-4-6-8-26/h4-10,12-15,30,32,36H,17-23H2,1-3H3/t30-,32-,36?,37+,38-/m1/s1. The van der Waals surface area contributed by atoms with Gasteiger partial charge in [0.15, 0.2) is 11.5 Å². The van der Waals surface area contributed by atoms with E-state index in [9.17, 15) is 27.6 Å². The molecule has 1 saturated carbocycles. The van der Waals surface area contributed by atoms with Crippen LogP contribution < -0.4 is 9.47 Å². The second kappa shape index (κ2) is 12.5. The van der Waals surface area contributed by atoms with E-state index in [2.05, 4.69) is 28.9 Å². The van der Waals surface area contributed by atoms with E-state index in [1.165, 1.54) is 36.4 Å². The summed E-state index contributed by atoms with van der Waals surface area (Å²) in [6.45, 7) is 4.19. The molecule has 2 bridgehead atoms. The number of ether oxygens (including phenoxy) is 3. The molecular formula is C39H37F3N2O6. The molecule has 8 nitrogen and oxygen atoms in total. The number of esters is 2. The van der Waals surface area contributed by atoms with E-state index >= 15 is 0 Å². The lowest BCUT2D eigenvalue weighted by molar-refractivity contribution is -0.223. The highest BCUT2D eigenvalue weighted by Gasteiger charge is 2.75. The van der Waals surface area contributed by atoms with Crippen LogP contribution in [0, 0.1) is 11.8 Å². The number of amides is 1. The van der Waals surface area contributed by atoms with Gasteiger partial charge in [-0.3, -0.25) is 19.3 Å². The minimum Gasteiger partial charge on any atom is -0.483 e. The van der Waals surface area contributed by atoms with Gasteiger partial charge in [0.25, 0.3) is 5.91 Å². The second-order valence-electron chi connectivity index (χ2n) is 13.6. The highest BCUT2D eigenvalue weighted by Crippen LogP contribution is 2.67. The Morgan fingerprint density at radius 1 is 1.00 bits per heavy atom. The molecule has 2 aliphatic heterocycles. The van der Waals surface area contributed by atoms with Crippen LogP contribution in [0.25, 0.3) is 0 Å². The first kappa shape index (κ1) is 33.7. The summed E-state index contributed by atoms with van der Waals surface area (Å²) in [5.41, 5.74) is 0.722. The fraction of sp³-hybridized carbons (Fsp3) is 0.410. The molecular weight excluding hydrogens is 649 g/mol. The van der Waals surface area contributed by atoms with Crippen molar-refractivity contribution in [3.05, 3.63) is 94.5 Å². The summed E-state index contributed by atoms with van der Waals surface area (Å²) in [5.74, 6) is 4.57. The van der Waals surface area contributed by atoms with Crippen molar-refractivity contribution >= 4 is 17.8 Å². The van der Waals surface area contributed by atoms with Gasteiger partial charge in [0, 0.05) is 44.5 Å². The van der Waals surface area contributed by atoms with Gasteiger partial charge in [-0.05, 0) is 80.1 Å². The Bertz CT molecular complexity index is 1900. The SMILES string of the molecule is CC(=O)Oc1ccc2c3c1OC1[C@H](N(C)C(=O)C#Cc4ccc(C(F)(F)F)cc4)CC[C@@]4(OC(C)=O)[C@@H](C2)N(CCc2ccccc2)CC[C@]314. The van der Waals surface area contributed by atoms with E-state index in [-0.39, 0.29) is 17.4 Å². The minimum absolute atomic E-state index is 0.172. The van der Waals surface area contributed by atoms with Crippen LogP contribution in [0.2, 0.25) is 0 Å². The predicted molar refractivity (Wildman–Crippen MR) is 176 cm³/mol. The zero-order valence-corrected chi connectivity index (χ0v) is 28.0. The number of benzene rings is 3. The average molecular weight is 687 g/mol. The second-order valence-corrected chi connectivity index (χ2v) is 13.6. The number of likely N-dealkylation sites (tertiary alicyclic amines) is 1. The van der Waals surface area contributed by atoms with E-state index in [1.807, 2.05) is 24.3 Å². The molecule has 0 N–H and O–H groups in total. The molecule has 1 spiro atoms. The molecule has 0 radical (unpaired) electrons. The zero-order chi connectivity index (χ0) is 35.4. The quantitative estimate of drug-likeness (QED) is 0.193. The average Bonchev–Trinajstić information content (AvgIpc) is 3.43. The molecule has 1 saturated heterocycles. The van der Waals surface area contributed by atoms with Crippen molar-refractivity contribution in [2.45, 2.75) is 81.3 Å². The largest absolute Gasteiger partial charge is 0.483 e. The third kappa shape index (κ3) is 5.50. The van der Waals surface area contributed by atoms with Gasteiger partial charge in [-0.15, -0.1) is 0 Å². The Balaban J connectivity index is 1.27. The third-order valence-electron chi connectivity index (χ3n) is 10.9. The molecule has 50 heavy (non-hydrogen) atoms. The van der Waals surface area contributed by atoms with Gasteiger partial charge in [0.05, 0.1) is 23.1 Å². The van der Waals surface area contributed by atoms with Crippen LogP contribution in [0.4, 0.5) is 13.2 Å². The number of carbonyl (C=O) groups is 3. The predicted octanol–water partition coefficient (Wildman–Crippen LogP) is 5.48. The number of hydrogen-bond acceptors (Lipinski definition) is 7. The molecule has 0 aromatic heterocycles. The van der Waals surface area contributed by atoms with E-state index in [4.69, 9.17) is 14.2 Å². The van der Waals surface area contributed by atoms with Crippen LogP contribution in [0.3, 0.4) is 0 Å². The first-order valence-electron chi connectivity index (χ1n) is 16.8. The summed E-state index contributed by atoms with van der Waals surface area (Å²) < 4.78 is 58.2. The summed E-state index contributed by atoms with van der Waals surface area (Å²) in [7, 11) is 1.64. The van der Waals surface area contributed by atoms with Crippen LogP contribution in [-0.2, 0) is 43.6 Å². The Morgan fingerprint density at radius 2 is 1.74 bits per heavy atom. The lowest BCUT2D eigenvalue weighted by Crippen LogP contribution is -2.79. The number of hydrogen-bond donors (Lipinski definition) is 0. The van der Waals surface area contributed by atoms with Crippen LogP contribution in [0.5, 0.6) is 11.5 Å². The molecule has 1 unspecified atom stereocenters. The summed E-state index contributed by atoms with van der Waals surface area (Å²) in [6.07, 6.45) is -2.28. The summed E-state index contributed by atoms with van der Waals surface area (Å²) in [4.78, 5) is 42.8. The summed E-state index contributed by atoms with van der Waals surface area (Å²) in [6, 6.07) is 17.6. The highest BCUT2D eigenvalue weighted by atomic mass is 19.4. The van der Waals surface area contributed by atoms with Crippen LogP contribution in [0.1, 0.15) is 60.9 Å². The number of halogens is 3. The molecule has 11 heteroatoms. The number of carbonyl (C=O) groups excluding carboxylic acids is 3. The highest BCUT2D eigenvalue weighted by molar-refractivity contribution is 5.94. The molecule has 2 heterocycles. The van der Waals surface area contributed by atoms with Crippen molar-refractivity contribution < 1.29 is 41.8 Å². The summed E-state index contributed by atoms with van der Waals surface area (Å²) in [5, 5.41) is 0. The first-order valence-corrected chi connectivity index (χ1v) is 16.8. The molecule has 3 aromatic rings. The maximum absolute atomic E-state index is 13.6. The van der Waals surface area contributed by atoms with Gasteiger partial charge in [-0.1, -0.05) is 42.3 Å². The van der Waals surface area contributed by atoms with E-state index in [1.54, 1.807) is 13.1 Å². The normalized spacial score (nSPS) is 26.1. The maximum atomic E-state index is 13.6. The Labute approximate surface area is 288 Å². The van der Waals surface area contributed by atoms with Gasteiger partial charge < -0.3 is 19.1 Å². The van der Waals surface area contributed by atoms with Crippen molar-refractivity contribution in [2.24, 2.45) is 0 Å². The smallest absolute Gasteiger partial charge is 0.416 e. The van der Waals surface area contributed by atoms with Crippen LogP contribution >= 0.6 is 0 Å². The molecule has 3 aromatic carbocycles. The van der Waals surface area contributed by atoms with Crippen molar-refractivity contribution in [1.82, 2.24) is 9.80 Å². The van der Waals surface area contributed by atoms with E-state index < -0.39 is 52.7 Å². The molecule has 4 aliphatic rings. The molecule has 5 atom stereocenters. The van der Waals surface area contributed by atoms with Gasteiger partial charge in [0.1, 0.15) is 11.7 Å². The van der Waals surface area contributed by atoms with Gasteiger partial charge >= 0.3 is 18.1 Å².